The fourth-order valence-corrected chi connectivity index (χ4v) is 10.3. The molecule has 0 saturated heterocycles. The Morgan fingerprint density at radius 2 is 1.05 bits per heavy atom. The number of anilines is 6. The molecule has 0 amide bonds. The van der Waals surface area contributed by atoms with Crippen LogP contribution < -0.4 is 25.5 Å². The third-order valence-electron chi connectivity index (χ3n) is 12.4. The summed E-state index contributed by atoms with van der Waals surface area (Å²) in [6, 6.07) is 32.5. The molecule has 0 spiro atoms. The zero-order valence-electron chi connectivity index (χ0n) is 42.0. The first-order valence-electron chi connectivity index (χ1n) is 23.6. The van der Waals surface area contributed by atoms with Gasteiger partial charge in [0.25, 0.3) is 6.71 Å². The second-order valence-electron chi connectivity index (χ2n) is 20.9. The van der Waals surface area contributed by atoms with Gasteiger partial charge in [0.05, 0.1) is 18.2 Å². The topological polar surface area (TPSA) is 6.48 Å². The molecule has 0 saturated carbocycles. The highest BCUT2D eigenvalue weighted by atomic mass is 32.1. The van der Waals surface area contributed by atoms with Crippen molar-refractivity contribution in [1.82, 2.24) is 0 Å². The van der Waals surface area contributed by atoms with Gasteiger partial charge in [-0.05, 0) is 127 Å². The first-order chi connectivity index (χ1) is 29.8. The van der Waals surface area contributed by atoms with Gasteiger partial charge in [0.1, 0.15) is 0 Å². The maximum Gasteiger partial charge on any atom is 0.264 e. The van der Waals surface area contributed by atoms with Gasteiger partial charge in [0.2, 0.25) is 0 Å². The number of benzene rings is 6. The standard InChI is InChI=1S/C55H59BN2S/c1-34-29-46-49-47(30-34)58(44-26-21-37(53(5,6)7)31-41(44)35-17-15-14-16-18-35)45-27-22-39(55(11,12)13)33-43(45)56(49)51-50(42-32-38(54(8,9)10)23-28-48(42)59-51)57(46)40-24-19-36(20-25-40)52(2,3)4/h14-33H,1-13H3/i14D,15D,16D,17D,18D. The molecular formula is C55H59BN2S. The van der Waals surface area contributed by atoms with Gasteiger partial charge in [-0.15, -0.1) is 11.3 Å². The molecule has 298 valence electrons. The van der Waals surface area contributed by atoms with Crippen LogP contribution >= 0.6 is 11.3 Å². The highest BCUT2D eigenvalue weighted by molar-refractivity contribution is 7.33. The second kappa shape index (κ2) is 13.5. The van der Waals surface area contributed by atoms with Crippen LogP contribution in [0.3, 0.4) is 0 Å². The largest absolute Gasteiger partial charge is 0.311 e. The summed E-state index contributed by atoms with van der Waals surface area (Å²) in [5.41, 5.74) is 14.8. The first-order valence-corrected chi connectivity index (χ1v) is 21.9. The van der Waals surface area contributed by atoms with E-state index in [2.05, 4.69) is 191 Å². The molecule has 7 aromatic rings. The quantitative estimate of drug-likeness (QED) is 0.164. The van der Waals surface area contributed by atoms with Crippen LogP contribution in [-0.2, 0) is 21.7 Å². The zero-order valence-corrected chi connectivity index (χ0v) is 37.9. The minimum atomic E-state index is -0.398. The fourth-order valence-electron chi connectivity index (χ4n) is 8.98. The maximum atomic E-state index is 9.30. The van der Waals surface area contributed by atoms with Gasteiger partial charge in [0, 0.05) is 43.2 Å². The molecule has 2 nitrogen and oxygen atoms in total. The fraction of sp³-hybridized carbons (Fsp3) is 0.309. The minimum absolute atomic E-state index is 0.00857. The Labute approximate surface area is 365 Å². The predicted octanol–water partition coefficient (Wildman–Crippen LogP) is 14.1. The molecule has 9 rings (SSSR count). The van der Waals surface area contributed by atoms with E-state index >= 15 is 0 Å². The van der Waals surface area contributed by atoms with E-state index in [9.17, 15) is 2.74 Å². The molecule has 0 N–H and O–H groups in total. The van der Waals surface area contributed by atoms with E-state index in [0.717, 1.165) is 39.6 Å². The van der Waals surface area contributed by atoms with Crippen LogP contribution in [0.15, 0.2) is 121 Å². The maximum absolute atomic E-state index is 9.30. The lowest BCUT2D eigenvalue weighted by atomic mass is 9.36. The van der Waals surface area contributed by atoms with Crippen LogP contribution in [0, 0.1) is 6.92 Å². The van der Waals surface area contributed by atoms with Crippen molar-refractivity contribution in [3.8, 4) is 11.1 Å². The van der Waals surface area contributed by atoms with Crippen LogP contribution in [0.1, 0.15) is 118 Å². The van der Waals surface area contributed by atoms with Crippen LogP contribution in [0.4, 0.5) is 34.1 Å². The van der Waals surface area contributed by atoms with E-state index in [1.54, 1.807) is 0 Å². The van der Waals surface area contributed by atoms with Gasteiger partial charge < -0.3 is 9.80 Å². The molecule has 2 aliphatic heterocycles. The Hall–Kier alpha value is -5.06. The molecule has 59 heavy (non-hydrogen) atoms. The minimum Gasteiger partial charge on any atom is -0.311 e. The summed E-state index contributed by atoms with van der Waals surface area (Å²) in [6.45, 7) is 28.9. The number of nitrogens with zero attached hydrogens (tertiary/aromatic N) is 2. The summed E-state index contributed by atoms with van der Waals surface area (Å²) < 4.78 is 47.2. The highest BCUT2D eigenvalue weighted by Gasteiger charge is 2.46. The highest BCUT2D eigenvalue weighted by Crippen LogP contribution is 2.50. The number of hydrogen-bond donors (Lipinski definition) is 0. The lowest BCUT2D eigenvalue weighted by Crippen LogP contribution is -2.60. The van der Waals surface area contributed by atoms with Gasteiger partial charge in [0.15, 0.2) is 0 Å². The number of fused-ring (bicyclic) bond motifs is 6. The van der Waals surface area contributed by atoms with E-state index in [0.29, 0.717) is 5.56 Å². The Bertz CT molecular complexity index is 3040. The van der Waals surface area contributed by atoms with Crippen molar-refractivity contribution in [1.29, 1.82) is 0 Å². The van der Waals surface area contributed by atoms with Crippen LogP contribution in [0.5, 0.6) is 0 Å². The summed E-state index contributed by atoms with van der Waals surface area (Å²) in [5, 5.41) is 1.25. The van der Waals surface area contributed by atoms with Crippen LogP contribution in [0.25, 0.3) is 21.2 Å². The molecular weight excluding hydrogens is 731 g/mol. The molecule has 3 heterocycles. The molecule has 0 fully saturated rings. The molecule has 0 atom stereocenters. The van der Waals surface area contributed by atoms with Crippen LogP contribution in [0.2, 0.25) is 0 Å². The van der Waals surface area contributed by atoms with E-state index in [1.807, 2.05) is 11.3 Å². The molecule has 0 unspecified atom stereocenters. The molecule has 1 aromatic heterocycles. The SMILES string of the molecule is [2H]c1c([2H])c([2H])c(-c2cc(C(C)(C)C)ccc2N2c3ccc(C(C)(C)C)cc3B3c4sc5ccc(C(C)(C)C)cc5c4N(c4ccc(C(C)(C)C)cc4)c4cc(C)cc2c43)c([2H])c1[2H]. The van der Waals surface area contributed by atoms with Crippen molar-refractivity contribution in [3.05, 3.63) is 149 Å². The van der Waals surface area contributed by atoms with E-state index < -0.39 is 6.04 Å². The molecule has 6 aromatic carbocycles. The van der Waals surface area contributed by atoms with Crippen LogP contribution in [-0.4, -0.2) is 6.71 Å². The average molecular weight is 796 g/mol. The van der Waals surface area contributed by atoms with Gasteiger partial charge in [-0.25, -0.2) is 0 Å². The Morgan fingerprint density at radius 1 is 0.525 bits per heavy atom. The smallest absolute Gasteiger partial charge is 0.264 e. The number of rotatable bonds is 3. The summed E-state index contributed by atoms with van der Waals surface area (Å²) in [5.74, 6) is 0. The lowest BCUT2D eigenvalue weighted by Gasteiger charge is -2.44. The van der Waals surface area contributed by atoms with Gasteiger partial charge in [-0.1, -0.05) is 150 Å². The van der Waals surface area contributed by atoms with E-state index in [4.69, 9.17) is 4.11 Å². The summed E-state index contributed by atoms with van der Waals surface area (Å²) in [6.07, 6.45) is 0. The van der Waals surface area contributed by atoms with Crippen molar-refractivity contribution in [3.63, 3.8) is 0 Å². The summed E-state index contributed by atoms with van der Waals surface area (Å²) in [7, 11) is 0. The van der Waals surface area contributed by atoms with Gasteiger partial charge >= 0.3 is 0 Å². The van der Waals surface area contributed by atoms with E-state index in [-0.39, 0.29) is 58.1 Å². The Kier molecular flexibility index (Phi) is 7.71. The lowest BCUT2D eigenvalue weighted by molar-refractivity contribution is 0.590. The predicted molar refractivity (Wildman–Crippen MR) is 261 cm³/mol. The normalized spacial score (nSPS) is 15.3. The van der Waals surface area contributed by atoms with Crippen molar-refractivity contribution in [2.45, 2.75) is 112 Å². The number of hydrogen-bond acceptors (Lipinski definition) is 3. The van der Waals surface area contributed by atoms with Crippen molar-refractivity contribution >= 4 is 78.0 Å². The molecule has 0 radical (unpaired) electrons. The number of thiophene rings is 1. The third kappa shape index (κ3) is 6.63. The second-order valence-corrected chi connectivity index (χ2v) is 22.0. The van der Waals surface area contributed by atoms with Crippen molar-refractivity contribution < 1.29 is 6.85 Å². The van der Waals surface area contributed by atoms with Crippen molar-refractivity contribution in [2.24, 2.45) is 0 Å². The molecule has 0 bridgehead atoms. The Balaban J connectivity index is 1.43. The monoisotopic (exact) mass is 795 g/mol. The average Bonchev–Trinajstić information content (AvgIpc) is 3.59. The summed E-state index contributed by atoms with van der Waals surface area (Å²) >= 11 is 1.89. The number of aryl methyl sites for hydroxylation is 1. The van der Waals surface area contributed by atoms with Crippen molar-refractivity contribution in [2.75, 3.05) is 9.80 Å². The first kappa shape index (κ1) is 33.7. The van der Waals surface area contributed by atoms with Gasteiger partial charge in [-0.3, -0.25) is 0 Å². The van der Waals surface area contributed by atoms with E-state index in [1.165, 1.54) is 48.2 Å². The third-order valence-corrected chi connectivity index (χ3v) is 13.6. The Morgan fingerprint density at radius 3 is 1.66 bits per heavy atom. The molecule has 0 aliphatic carbocycles. The zero-order chi connectivity index (χ0) is 46.3. The van der Waals surface area contributed by atoms with Gasteiger partial charge in [-0.2, -0.15) is 0 Å². The summed E-state index contributed by atoms with van der Waals surface area (Å²) in [4.78, 5) is 4.83. The molecule has 2 aliphatic rings. The molecule has 4 heteroatoms.